The van der Waals surface area contributed by atoms with E-state index in [1.54, 1.807) is 6.33 Å². The van der Waals surface area contributed by atoms with Crippen molar-refractivity contribution < 1.29 is 0 Å². The van der Waals surface area contributed by atoms with E-state index in [1.807, 2.05) is 6.20 Å². The van der Waals surface area contributed by atoms with Gasteiger partial charge in [0, 0.05) is 55.7 Å². The Morgan fingerprint density at radius 2 is 2.08 bits per heavy atom. The van der Waals surface area contributed by atoms with Gasteiger partial charge < -0.3 is 9.80 Å². The SMILES string of the molecule is Cc1cccc(CCN2CCC(N(c3ccncn3)C3CC3)C2)n1. The molecular weight excluding hydrogens is 298 g/mol. The first-order chi connectivity index (χ1) is 11.8. The van der Waals surface area contributed by atoms with Crippen LogP contribution in [-0.2, 0) is 6.42 Å². The van der Waals surface area contributed by atoms with Crippen LogP contribution in [0.5, 0.6) is 0 Å². The number of anilines is 1. The van der Waals surface area contributed by atoms with E-state index in [1.165, 1.54) is 31.5 Å². The molecule has 1 atom stereocenters. The Bertz CT molecular complexity index is 670. The van der Waals surface area contributed by atoms with Crippen LogP contribution in [-0.4, -0.2) is 51.6 Å². The van der Waals surface area contributed by atoms with Crippen LogP contribution in [0.15, 0.2) is 36.8 Å². The quantitative estimate of drug-likeness (QED) is 0.817. The number of pyridine rings is 1. The molecule has 2 aromatic rings. The summed E-state index contributed by atoms with van der Waals surface area (Å²) in [5.41, 5.74) is 2.31. The van der Waals surface area contributed by atoms with Gasteiger partial charge in [-0.1, -0.05) is 6.07 Å². The molecule has 1 aliphatic heterocycles. The Hall–Kier alpha value is -2.01. The van der Waals surface area contributed by atoms with Crippen LogP contribution in [0.25, 0.3) is 0 Å². The molecule has 2 aromatic heterocycles. The van der Waals surface area contributed by atoms with Gasteiger partial charge in [-0.05, 0) is 44.4 Å². The van der Waals surface area contributed by atoms with E-state index in [0.717, 1.165) is 31.0 Å². The van der Waals surface area contributed by atoms with Gasteiger partial charge in [0.1, 0.15) is 12.1 Å². The molecule has 1 saturated heterocycles. The summed E-state index contributed by atoms with van der Waals surface area (Å²) in [7, 11) is 0. The molecule has 0 bridgehead atoms. The molecule has 5 heteroatoms. The lowest BCUT2D eigenvalue weighted by Gasteiger charge is -2.30. The first-order valence-electron chi connectivity index (χ1n) is 8.99. The molecule has 1 saturated carbocycles. The number of aryl methyl sites for hydroxylation is 1. The first kappa shape index (κ1) is 15.5. The maximum absolute atomic E-state index is 4.62. The molecule has 126 valence electrons. The van der Waals surface area contributed by atoms with Crippen molar-refractivity contribution in [1.82, 2.24) is 19.9 Å². The second-order valence-electron chi connectivity index (χ2n) is 6.97. The molecule has 0 aromatic carbocycles. The number of nitrogens with zero attached hydrogens (tertiary/aromatic N) is 5. The summed E-state index contributed by atoms with van der Waals surface area (Å²) in [6.45, 7) is 5.46. The van der Waals surface area contributed by atoms with Gasteiger partial charge in [-0.2, -0.15) is 0 Å². The minimum atomic E-state index is 0.581. The highest BCUT2D eigenvalue weighted by Gasteiger charge is 2.37. The van der Waals surface area contributed by atoms with Gasteiger partial charge in [-0.3, -0.25) is 4.98 Å². The third-order valence-electron chi connectivity index (χ3n) is 5.04. The van der Waals surface area contributed by atoms with Crippen molar-refractivity contribution in [2.75, 3.05) is 24.5 Å². The van der Waals surface area contributed by atoms with Crippen molar-refractivity contribution in [3.8, 4) is 0 Å². The van der Waals surface area contributed by atoms with Gasteiger partial charge in [0.2, 0.25) is 0 Å². The molecule has 4 rings (SSSR count). The van der Waals surface area contributed by atoms with E-state index in [4.69, 9.17) is 0 Å². The van der Waals surface area contributed by atoms with Gasteiger partial charge in [-0.15, -0.1) is 0 Å². The molecule has 0 N–H and O–H groups in total. The second kappa shape index (κ2) is 6.85. The summed E-state index contributed by atoms with van der Waals surface area (Å²) in [4.78, 5) is 18.3. The Morgan fingerprint density at radius 1 is 1.17 bits per heavy atom. The monoisotopic (exact) mass is 323 g/mol. The number of hydrogen-bond acceptors (Lipinski definition) is 5. The van der Waals surface area contributed by atoms with Crippen LogP contribution < -0.4 is 4.90 Å². The Balaban J connectivity index is 1.37. The normalized spacial score (nSPS) is 21.1. The van der Waals surface area contributed by atoms with E-state index < -0.39 is 0 Å². The predicted molar refractivity (Wildman–Crippen MR) is 95.1 cm³/mol. The lowest BCUT2D eigenvalue weighted by atomic mass is 10.2. The first-order valence-corrected chi connectivity index (χ1v) is 8.99. The zero-order valence-electron chi connectivity index (χ0n) is 14.3. The summed E-state index contributed by atoms with van der Waals surface area (Å²) in [6, 6.07) is 9.62. The van der Waals surface area contributed by atoms with Crippen LogP contribution in [0.2, 0.25) is 0 Å². The number of aromatic nitrogens is 3. The highest BCUT2D eigenvalue weighted by Crippen LogP contribution is 2.34. The molecule has 5 nitrogen and oxygen atoms in total. The average Bonchev–Trinajstić information content (AvgIpc) is 3.32. The molecule has 2 aliphatic rings. The standard InChI is InChI=1S/C19H25N5/c1-15-3-2-4-16(22-15)8-11-23-12-9-18(13-23)24(17-5-6-17)19-7-10-20-14-21-19/h2-4,7,10,14,17-18H,5-6,8-9,11-13H2,1H3. The Labute approximate surface area is 143 Å². The molecule has 3 heterocycles. The Kier molecular flexibility index (Phi) is 4.43. The topological polar surface area (TPSA) is 45.2 Å². The lowest BCUT2D eigenvalue weighted by molar-refractivity contribution is 0.335. The molecule has 0 amide bonds. The van der Waals surface area contributed by atoms with Crippen molar-refractivity contribution in [2.24, 2.45) is 0 Å². The third kappa shape index (κ3) is 3.56. The van der Waals surface area contributed by atoms with Gasteiger partial charge >= 0.3 is 0 Å². The number of rotatable bonds is 6. The Morgan fingerprint density at radius 3 is 2.83 bits per heavy atom. The third-order valence-corrected chi connectivity index (χ3v) is 5.04. The van der Waals surface area contributed by atoms with E-state index in [9.17, 15) is 0 Å². The van der Waals surface area contributed by atoms with Gasteiger partial charge in [0.15, 0.2) is 0 Å². The zero-order chi connectivity index (χ0) is 16.4. The molecule has 0 spiro atoms. The van der Waals surface area contributed by atoms with Crippen molar-refractivity contribution in [3.05, 3.63) is 48.2 Å². The molecular formula is C19H25N5. The zero-order valence-corrected chi connectivity index (χ0v) is 14.3. The fraction of sp³-hybridized carbons (Fsp3) is 0.526. The number of hydrogen-bond donors (Lipinski definition) is 0. The van der Waals surface area contributed by atoms with E-state index in [-0.39, 0.29) is 0 Å². The van der Waals surface area contributed by atoms with Crippen LogP contribution >= 0.6 is 0 Å². The van der Waals surface area contributed by atoms with Crippen molar-refractivity contribution in [2.45, 2.75) is 44.7 Å². The second-order valence-corrected chi connectivity index (χ2v) is 6.97. The van der Waals surface area contributed by atoms with E-state index in [0.29, 0.717) is 12.1 Å². The van der Waals surface area contributed by atoms with E-state index in [2.05, 4.69) is 55.9 Å². The van der Waals surface area contributed by atoms with Crippen molar-refractivity contribution in [3.63, 3.8) is 0 Å². The van der Waals surface area contributed by atoms with Crippen LogP contribution in [0.3, 0.4) is 0 Å². The highest BCUT2D eigenvalue weighted by molar-refractivity contribution is 5.42. The maximum atomic E-state index is 4.62. The summed E-state index contributed by atoms with van der Waals surface area (Å²) >= 11 is 0. The fourth-order valence-electron chi connectivity index (χ4n) is 3.72. The average molecular weight is 323 g/mol. The van der Waals surface area contributed by atoms with Crippen LogP contribution in [0, 0.1) is 6.92 Å². The molecule has 2 fully saturated rings. The van der Waals surface area contributed by atoms with Gasteiger partial charge in [0.25, 0.3) is 0 Å². The molecule has 1 aliphatic carbocycles. The fourth-order valence-corrected chi connectivity index (χ4v) is 3.72. The smallest absolute Gasteiger partial charge is 0.132 e. The van der Waals surface area contributed by atoms with Gasteiger partial charge in [0.05, 0.1) is 0 Å². The molecule has 1 unspecified atom stereocenters. The largest absolute Gasteiger partial charge is 0.349 e. The molecule has 0 radical (unpaired) electrons. The maximum Gasteiger partial charge on any atom is 0.132 e. The summed E-state index contributed by atoms with van der Waals surface area (Å²) < 4.78 is 0. The summed E-state index contributed by atoms with van der Waals surface area (Å²) in [5.74, 6) is 1.10. The van der Waals surface area contributed by atoms with Crippen LogP contribution in [0.4, 0.5) is 5.82 Å². The minimum Gasteiger partial charge on any atom is -0.349 e. The van der Waals surface area contributed by atoms with Crippen LogP contribution in [0.1, 0.15) is 30.7 Å². The summed E-state index contributed by atoms with van der Waals surface area (Å²) in [6.07, 6.45) is 8.38. The highest BCUT2D eigenvalue weighted by atomic mass is 15.3. The minimum absolute atomic E-state index is 0.581. The van der Waals surface area contributed by atoms with Crippen molar-refractivity contribution in [1.29, 1.82) is 0 Å². The van der Waals surface area contributed by atoms with Crippen molar-refractivity contribution >= 4 is 5.82 Å². The lowest BCUT2D eigenvalue weighted by Crippen LogP contribution is -2.40. The van der Waals surface area contributed by atoms with E-state index >= 15 is 0 Å². The predicted octanol–water partition coefficient (Wildman–Crippen LogP) is 2.47. The summed E-state index contributed by atoms with van der Waals surface area (Å²) in [5, 5.41) is 0. The molecule has 24 heavy (non-hydrogen) atoms. The number of likely N-dealkylation sites (tertiary alicyclic amines) is 1. The van der Waals surface area contributed by atoms with Gasteiger partial charge in [-0.25, -0.2) is 9.97 Å².